The molecule has 0 heterocycles. The topological polar surface area (TPSA) is 72.2 Å². The zero-order valence-electron chi connectivity index (χ0n) is 11.4. The standard InChI is InChI=1S/C13H18Cl2N2O2S/c1-13(2)7-3-4-10(13)17-20(18,19)9-6-5-8(14)12(16)11(9)15/h5-6,10,17H,3-4,7,16H2,1-2H3. The van der Waals surface area contributed by atoms with Gasteiger partial charge < -0.3 is 5.73 Å². The van der Waals surface area contributed by atoms with E-state index in [0.29, 0.717) is 0 Å². The van der Waals surface area contributed by atoms with Gasteiger partial charge in [0.05, 0.1) is 15.7 Å². The number of nitrogens with one attached hydrogen (secondary N) is 1. The highest BCUT2D eigenvalue weighted by atomic mass is 35.5. The molecule has 0 saturated heterocycles. The van der Waals surface area contributed by atoms with Crippen molar-refractivity contribution < 1.29 is 8.42 Å². The van der Waals surface area contributed by atoms with E-state index in [-0.39, 0.29) is 32.1 Å². The van der Waals surface area contributed by atoms with Gasteiger partial charge in [0.1, 0.15) is 4.90 Å². The number of benzene rings is 1. The van der Waals surface area contributed by atoms with Crippen molar-refractivity contribution in [3.05, 3.63) is 22.2 Å². The van der Waals surface area contributed by atoms with Crippen molar-refractivity contribution in [3.8, 4) is 0 Å². The average Bonchev–Trinajstić information content (AvgIpc) is 2.65. The first-order valence-electron chi connectivity index (χ1n) is 6.41. The van der Waals surface area contributed by atoms with Crippen molar-refractivity contribution in [2.75, 3.05) is 5.73 Å². The monoisotopic (exact) mass is 336 g/mol. The Morgan fingerprint density at radius 3 is 2.55 bits per heavy atom. The Hall–Kier alpha value is -0.490. The lowest BCUT2D eigenvalue weighted by Gasteiger charge is -2.27. The zero-order chi connectivity index (χ0) is 15.1. The van der Waals surface area contributed by atoms with E-state index >= 15 is 0 Å². The number of nitrogen functional groups attached to an aromatic ring is 1. The minimum absolute atomic E-state index is 0.0243. The molecule has 2 rings (SSSR count). The van der Waals surface area contributed by atoms with E-state index < -0.39 is 10.0 Å². The van der Waals surface area contributed by atoms with E-state index in [4.69, 9.17) is 28.9 Å². The highest BCUT2D eigenvalue weighted by Crippen LogP contribution is 2.39. The minimum Gasteiger partial charge on any atom is -0.396 e. The molecule has 1 aliphatic rings. The van der Waals surface area contributed by atoms with Gasteiger partial charge in [-0.3, -0.25) is 0 Å². The van der Waals surface area contributed by atoms with Gasteiger partial charge in [0.15, 0.2) is 0 Å². The third-order valence-electron chi connectivity index (χ3n) is 3.94. The Bertz CT molecular complexity index is 630. The Labute approximate surface area is 129 Å². The Kier molecular flexibility index (Phi) is 4.27. The lowest BCUT2D eigenvalue weighted by atomic mass is 9.88. The van der Waals surface area contributed by atoms with Crippen LogP contribution in [0.15, 0.2) is 17.0 Å². The third-order valence-corrected chi connectivity index (χ3v) is 6.30. The molecule has 1 atom stereocenters. The highest BCUT2D eigenvalue weighted by molar-refractivity contribution is 7.89. The van der Waals surface area contributed by atoms with Gasteiger partial charge in [-0.2, -0.15) is 0 Å². The van der Waals surface area contributed by atoms with Crippen molar-refractivity contribution in [2.24, 2.45) is 5.41 Å². The molecule has 1 aliphatic carbocycles. The van der Waals surface area contributed by atoms with Gasteiger partial charge in [-0.15, -0.1) is 0 Å². The van der Waals surface area contributed by atoms with Crippen LogP contribution in [0.25, 0.3) is 0 Å². The second-order valence-electron chi connectivity index (χ2n) is 5.83. The van der Waals surface area contributed by atoms with Gasteiger partial charge in [-0.1, -0.05) is 43.5 Å². The number of anilines is 1. The highest BCUT2D eigenvalue weighted by Gasteiger charge is 2.37. The van der Waals surface area contributed by atoms with Crippen LogP contribution in [0.1, 0.15) is 33.1 Å². The molecule has 1 aromatic carbocycles. The summed E-state index contributed by atoms with van der Waals surface area (Å²) in [5.74, 6) is 0. The Morgan fingerprint density at radius 2 is 2.00 bits per heavy atom. The smallest absolute Gasteiger partial charge is 0.242 e. The van der Waals surface area contributed by atoms with Crippen LogP contribution in [0.3, 0.4) is 0 Å². The van der Waals surface area contributed by atoms with Crippen LogP contribution in [-0.2, 0) is 10.0 Å². The molecule has 0 bridgehead atoms. The number of sulfonamides is 1. The van der Waals surface area contributed by atoms with Crippen molar-refractivity contribution >= 4 is 38.9 Å². The molecule has 0 radical (unpaired) electrons. The summed E-state index contributed by atoms with van der Waals surface area (Å²) >= 11 is 11.8. The predicted octanol–water partition coefficient (Wildman–Crippen LogP) is 3.43. The molecule has 1 aromatic rings. The van der Waals surface area contributed by atoms with E-state index in [1.165, 1.54) is 12.1 Å². The Morgan fingerprint density at radius 1 is 1.35 bits per heavy atom. The summed E-state index contributed by atoms with van der Waals surface area (Å²) in [7, 11) is -3.71. The molecule has 1 fully saturated rings. The second kappa shape index (κ2) is 5.37. The first kappa shape index (κ1) is 15.9. The number of hydrogen-bond donors (Lipinski definition) is 2. The lowest BCUT2D eigenvalue weighted by molar-refractivity contribution is 0.313. The molecule has 1 unspecified atom stereocenters. The summed E-state index contributed by atoms with van der Waals surface area (Å²) in [6.07, 6.45) is 2.83. The number of rotatable bonds is 3. The number of nitrogens with two attached hydrogens (primary N) is 1. The maximum Gasteiger partial charge on any atom is 0.242 e. The number of halogens is 2. The number of hydrogen-bond acceptors (Lipinski definition) is 3. The van der Waals surface area contributed by atoms with Crippen LogP contribution in [-0.4, -0.2) is 14.5 Å². The molecule has 0 aromatic heterocycles. The van der Waals surface area contributed by atoms with Crippen LogP contribution < -0.4 is 10.5 Å². The van der Waals surface area contributed by atoms with Gasteiger partial charge in [0, 0.05) is 6.04 Å². The SMILES string of the molecule is CC1(C)CCCC1NS(=O)(=O)c1ccc(Cl)c(N)c1Cl. The van der Waals surface area contributed by atoms with E-state index in [9.17, 15) is 8.42 Å². The predicted molar refractivity (Wildman–Crippen MR) is 82.6 cm³/mol. The fourth-order valence-electron chi connectivity index (χ4n) is 2.55. The molecule has 20 heavy (non-hydrogen) atoms. The molecule has 0 spiro atoms. The summed E-state index contributed by atoms with van der Waals surface area (Å²) < 4.78 is 27.7. The van der Waals surface area contributed by atoms with Gasteiger partial charge in [0.2, 0.25) is 10.0 Å². The molecular weight excluding hydrogens is 319 g/mol. The Balaban J connectivity index is 2.35. The lowest BCUT2D eigenvalue weighted by Crippen LogP contribution is -2.41. The quantitative estimate of drug-likeness (QED) is 0.830. The first-order chi connectivity index (χ1) is 9.15. The zero-order valence-corrected chi connectivity index (χ0v) is 13.7. The summed E-state index contributed by atoms with van der Waals surface area (Å²) in [5.41, 5.74) is 5.71. The molecule has 1 saturated carbocycles. The molecule has 3 N–H and O–H groups in total. The van der Waals surface area contributed by atoms with Gasteiger partial charge in [-0.25, -0.2) is 13.1 Å². The third kappa shape index (κ3) is 2.91. The van der Waals surface area contributed by atoms with E-state index in [1.807, 2.05) is 0 Å². The summed E-state index contributed by atoms with van der Waals surface area (Å²) in [5, 5.41) is 0.218. The second-order valence-corrected chi connectivity index (χ2v) is 8.30. The molecular formula is C13H18Cl2N2O2S. The molecule has 0 aliphatic heterocycles. The maximum absolute atomic E-state index is 12.5. The van der Waals surface area contributed by atoms with Crippen molar-refractivity contribution in [1.82, 2.24) is 4.72 Å². The van der Waals surface area contributed by atoms with Crippen LogP contribution in [0.4, 0.5) is 5.69 Å². The summed E-state index contributed by atoms with van der Waals surface area (Å²) in [4.78, 5) is -0.0243. The van der Waals surface area contributed by atoms with E-state index in [2.05, 4.69) is 18.6 Å². The molecule has 7 heteroatoms. The fourth-order valence-corrected chi connectivity index (χ4v) is 4.76. The normalized spacial score (nSPS) is 22.1. The molecule has 4 nitrogen and oxygen atoms in total. The van der Waals surface area contributed by atoms with Gasteiger partial charge >= 0.3 is 0 Å². The van der Waals surface area contributed by atoms with Crippen LogP contribution in [0, 0.1) is 5.41 Å². The van der Waals surface area contributed by atoms with Gasteiger partial charge in [0.25, 0.3) is 0 Å². The average molecular weight is 337 g/mol. The molecule has 112 valence electrons. The maximum atomic E-state index is 12.5. The van der Waals surface area contributed by atoms with Crippen molar-refractivity contribution in [1.29, 1.82) is 0 Å². The van der Waals surface area contributed by atoms with Crippen LogP contribution in [0.5, 0.6) is 0 Å². The van der Waals surface area contributed by atoms with E-state index in [1.54, 1.807) is 0 Å². The summed E-state index contributed by atoms with van der Waals surface area (Å²) in [6, 6.07) is 2.73. The van der Waals surface area contributed by atoms with Gasteiger partial charge in [-0.05, 0) is 30.4 Å². The van der Waals surface area contributed by atoms with E-state index in [0.717, 1.165) is 19.3 Å². The summed E-state index contributed by atoms with van der Waals surface area (Å²) in [6.45, 7) is 4.12. The molecule has 0 amide bonds. The first-order valence-corrected chi connectivity index (χ1v) is 8.65. The van der Waals surface area contributed by atoms with Crippen molar-refractivity contribution in [2.45, 2.75) is 44.0 Å². The van der Waals surface area contributed by atoms with Crippen LogP contribution in [0.2, 0.25) is 10.0 Å². The largest absolute Gasteiger partial charge is 0.396 e. The fraction of sp³-hybridized carbons (Fsp3) is 0.538. The van der Waals surface area contributed by atoms with Crippen molar-refractivity contribution in [3.63, 3.8) is 0 Å². The van der Waals surface area contributed by atoms with Crippen LogP contribution >= 0.6 is 23.2 Å². The minimum atomic E-state index is -3.71.